The number of hydrogen-bond acceptors (Lipinski definition) is 3. The van der Waals surface area contributed by atoms with Gasteiger partial charge in [-0.25, -0.2) is 0 Å². The molecule has 1 aliphatic heterocycles. The Kier molecular flexibility index (Phi) is 4.63. The molecule has 23 heavy (non-hydrogen) atoms. The Hall–Kier alpha value is -2.33. The van der Waals surface area contributed by atoms with E-state index in [1.165, 1.54) is 0 Å². The smallest absolute Gasteiger partial charge is 0.256 e. The molecule has 120 valence electrons. The number of benzene rings is 2. The SMILES string of the molecule is CN(C)CCN1CCN(c2ccccc2)c2ccccc2C1=O. The standard InChI is InChI=1S/C19H23N3O/c1-20(2)12-13-21-14-15-22(16-8-4-3-5-9-16)18-11-7-6-10-17(18)19(21)23/h3-11H,12-15H2,1-2H3. The lowest BCUT2D eigenvalue weighted by atomic mass is 10.1. The zero-order chi connectivity index (χ0) is 16.2. The van der Waals surface area contributed by atoms with E-state index in [1.54, 1.807) is 0 Å². The summed E-state index contributed by atoms with van der Waals surface area (Å²) in [6, 6.07) is 18.2. The molecule has 0 saturated carbocycles. The van der Waals surface area contributed by atoms with Gasteiger partial charge < -0.3 is 14.7 Å². The quantitative estimate of drug-likeness (QED) is 0.869. The van der Waals surface area contributed by atoms with Crippen molar-refractivity contribution in [3.05, 3.63) is 60.2 Å². The van der Waals surface area contributed by atoms with Crippen LogP contribution in [0.4, 0.5) is 11.4 Å². The van der Waals surface area contributed by atoms with E-state index in [4.69, 9.17) is 0 Å². The highest BCUT2D eigenvalue weighted by Gasteiger charge is 2.26. The van der Waals surface area contributed by atoms with Gasteiger partial charge in [-0.1, -0.05) is 30.3 Å². The molecule has 0 saturated heterocycles. The molecule has 0 N–H and O–H groups in total. The van der Waals surface area contributed by atoms with Gasteiger partial charge in [-0.2, -0.15) is 0 Å². The number of amides is 1. The van der Waals surface area contributed by atoms with Gasteiger partial charge >= 0.3 is 0 Å². The topological polar surface area (TPSA) is 26.8 Å². The summed E-state index contributed by atoms with van der Waals surface area (Å²) in [7, 11) is 4.07. The minimum atomic E-state index is 0.126. The van der Waals surface area contributed by atoms with Gasteiger partial charge in [0.1, 0.15) is 0 Å². The molecule has 0 unspecified atom stereocenters. The van der Waals surface area contributed by atoms with Crippen molar-refractivity contribution in [1.82, 2.24) is 9.80 Å². The fourth-order valence-corrected chi connectivity index (χ4v) is 2.91. The number of para-hydroxylation sites is 2. The molecule has 0 aliphatic carbocycles. The van der Waals surface area contributed by atoms with Crippen molar-refractivity contribution in [2.75, 3.05) is 45.2 Å². The van der Waals surface area contributed by atoms with Crippen molar-refractivity contribution in [3.63, 3.8) is 0 Å². The van der Waals surface area contributed by atoms with Crippen LogP contribution < -0.4 is 4.90 Å². The number of likely N-dealkylation sites (N-methyl/N-ethyl adjacent to an activating group) is 1. The first kappa shape index (κ1) is 15.6. The molecule has 0 atom stereocenters. The van der Waals surface area contributed by atoms with E-state index in [0.717, 1.165) is 43.1 Å². The summed E-state index contributed by atoms with van der Waals surface area (Å²) in [4.78, 5) is 19.2. The highest BCUT2D eigenvalue weighted by atomic mass is 16.2. The van der Waals surface area contributed by atoms with Crippen molar-refractivity contribution >= 4 is 17.3 Å². The van der Waals surface area contributed by atoms with Crippen LogP contribution in [0, 0.1) is 0 Å². The Bertz CT molecular complexity index is 669. The monoisotopic (exact) mass is 309 g/mol. The average Bonchev–Trinajstić information content (AvgIpc) is 2.71. The van der Waals surface area contributed by atoms with Crippen LogP contribution in [0.25, 0.3) is 0 Å². The molecule has 1 amide bonds. The minimum Gasteiger partial charge on any atom is -0.339 e. The number of nitrogens with zero attached hydrogens (tertiary/aromatic N) is 3. The summed E-state index contributed by atoms with van der Waals surface area (Å²) in [5.41, 5.74) is 2.91. The lowest BCUT2D eigenvalue weighted by molar-refractivity contribution is 0.0756. The first-order chi connectivity index (χ1) is 11.2. The minimum absolute atomic E-state index is 0.126. The molecule has 0 fully saturated rings. The van der Waals surface area contributed by atoms with Gasteiger partial charge in [-0.15, -0.1) is 0 Å². The fraction of sp³-hybridized carbons (Fsp3) is 0.316. The van der Waals surface area contributed by atoms with E-state index < -0.39 is 0 Å². The Morgan fingerprint density at radius 3 is 2.39 bits per heavy atom. The maximum atomic E-state index is 12.9. The first-order valence-electron chi connectivity index (χ1n) is 8.02. The normalized spacial score (nSPS) is 14.8. The van der Waals surface area contributed by atoms with Crippen LogP contribution in [0.3, 0.4) is 0 Å². The van der Waals surface area contributed by atoms with Gasteiger partial charge in [-0.3, -0.25) is 4.79 Å². The summed E-state index contributed by atoms with van der Waals surface area (Å²) < 4.78 is 0. The van der Waals surface area contributed by atoms with Gasteiger partial charge in [0.25, 0.3) is 5.91 Å². The molecule has 0 bridgehead atoms. The second kappa shape index (κ2) is 6.84. The van der Waals surface area contributed by atoms with Gasteiger partial charge in [-0.05, 0) is 38.4 Å². The Morgan fingerprint density at radius 1 is 0.957 bits per heavy atom. The van der Waals surface area contributed by atoms with E-state index in [2.05, 4.69) is 21.9 Å². The molecule has 2 aromatic carbocycles. The van der Waals surface area contributed by atoms with E-state index in [0.29, 0.717) is 0 Å². The van der Waals surface area contributed by atoms with E-state index in [-0.39, 0.29) is 5.91 Å². The fourth-order valence-electron chi connectivity index (χ4n) is 2.91. The molecule has 0 spiro atoms. The van der Waals surface area contributed by atoms with Gasteiger partial charge in [0.15, 0.2) is 0 Å². The molecule has 3 rings (SSSR count). The summed E-state index contributed by atoms with van der Waals surface area (Å²) >= 11 is 0. The Morgan fingerprint density at radius 2 is 1.65 bits per heavy atom. The van der Waals surface area contributed by atoms with Crippen LogP contribution in [-0.4, -0.2) is 56.0 Å². The molecule has 4 nitrogen and oxygen atoms in total. The van der Waals surface area contributed by atoms with Crippen LogP contribution in [0.15, 0.2) is 54.6 Å². The maximum Gasteiger partial charge on any atom is 0.256 e. The lowest BCUT2D eigenvalue weighted by Gasteiger charge is -2.25. The van der Waals surface area contributed by atoms with Crippen LogP contribution >= 0.6 is 0 Å². The molecular formula is C19H23N3O. The number of rotatable bonds is 4. The molecule has 0 aromatic heterocycles. The zero-order valence-corrected chi connectivity index (χ0v) is 13.8. The maximum absolute atomic E-state index is 12.9. The van der Waals surface area contributed by atoms with Crippen molar-refractivity contribution < 1.29 is 4.79 Å². The molecular weight excluding hydrogens is 286 g/mol. The summed E-state index contributed by atoms with van der Waals surface area (Å²) in [5, 5.41) is 0. The van der Waals surface area contributed by atoms with Crippen LogP contribution in [0.1, 0.15) is 10.4 Å². The highest BCUT2D eigenvalue weighted by molar-refractivity contribution is 6.01. The zero-order valence-electron chi connectivity index (χ0n) is 13.8. The number of carbonyl (C=O) groups is 1. The van der Waals surface area contributed by atoms with Crippen molar-refractivity contribution in [3.8, 4) is 0 Å². The third-order valence-corrected chi connectivity index (χ3v) is 4.19. The molecule has 2 aromatic rings. The Labute approximate surface area is 137 Å². The third-order valence-electron chi connectivity index (χ3n) is 4.19. The molecule has 1 heterocycles. The van der Waals surface area contributed by atoms with Crippen LogP contribution in [-0.2, 0) is 0 Å². The first-order valence-corrected chi connectivity index (χ1v) is 8.02. The van der Waals surface area contributed by atoms with Crippen LogP contribution in [0.5, 0.6) is 0 Å². The second-order valence-corrected chi connectivity index (χ2v) is 6.10. The predicted molar refractivity (Wildman–Crippen MR) is 94.3 cm³/mol. The second-order valence-electron chi connectivity index (χ2n) is 6.10. The Balaban J connectivity index is 1.95. The molecule has 0 radical (unpaired) electrons. The van der Waals surface area contributed by atoms with Crippen molar-refractivity contribution in [2.45, 2.75) is 0 Å². The highest BCUT2D eigenvalue weighted by Crippen LogP contribution is 2.31. The van der Waals surface area contributed by atoms with Crippen molar-refractivity contribution in [1.29, 1.82) is 0 Å². The van der Waals surface area contributed by atoms with Crippen molar-refractivity contribution in [2.24, 2.45) is 0 Å². The van der Waals surface area contributed by atoms with E-state index >= 15 is 0 Å². The molecule has 1 aliphatic rings. The number of carbonyl (C=O) groups excluding carboxylic acids is 1. The average molecular weight is 309 g/mol. The number of anilines is 2. The number of fused-ring (bicyclic) bond motifs is 1. The van der Waals surface area contributed by atoms with Gasteiger partial charge in [0.2, 0.25) is 0 Å². The van der Waals surface area contributed by atoms with E-state index in [9.17, 15) is 4.79 Å². The van der Waals surface area contributed by atoms with E-state index in [1.807, 2.05) is 61.5 Å². The van der Waals surface area contributed by atoms with Crippen LogP contribution in [0.2, 0.25) is 0 Å². The molecule has 4 heteroatoms. The largest absolute Gasteiger partial charge is 0.339 e. The van der Waals surface area contributed by atoms with Gasteiger partial charge in [0.05, 0.1) is 11.3 Å². The summed E-state index contributed by atoms with van der Waals surface area (Å²) in [6.07, 6.45) is 0. The summed E-state index contributed by atoms with van der Waals surface area (Å²) in [6.45, 7) is 3.17. The predicted octanol–water partition coefficient (Wildman–Crippen LogP) is 2.84. The third kappa shape index (κ3) is 3.37. The lowest BCUT2D eigenvalue weighted by Crippen LogP contribution is -2.38. The summed E-state index contributed by atoms with van der Waals surface area (Å²) in [5.74, 6) is 0.126. The van der Waals surface area contributed by atoms with Gasteiger partial charge in [0, 0.05) is 31.9 Å². The number of hydrogen-bond donors (Lipinski definition) is 0.